The summed E-state index contributed by atoms with van der Waals surface area (Å²) in [5, 5.41) is 0. The average molecular weight is 102 g/mol. The molecule has 0 amide bonds. The van der Waals surface area contributed by atoms with Crippen molar-refractivity contribution < 1.29 is 61.6 Å². The van der Waals surface area contributed by atoms with Gasteiger partial charge in [-0.05, 0) is 0 Å². The van der Waals surface area contributed by atoms with Crippen molar-refractivity contribution in [1.29, 1.82) is 0 Å². The quantitative estimate of drug-likeness (QED) is 0.308. The topological polar surface area (TPSA) is 39.2 Å². The van der Waals surface area contributed by atoms with Crippen molar-refractivity contribution >= 4 is 0 Å². The van der Waals surface area contributed by atoms with Crippen LogP contribution in [-0.4, -0.2) is 19.7 Å². The van der Waals surface area contributed by atoms with E-state index in [4.69, 9.17) is 0 Å². The minimum atomic E-state index is 0. The van der Waals surface area contributed by atoms with Crippen LogP contribution in [0.2, 0.25) is 0 Å². The van der Waals surface area contributed by atoms with Crippen molar-refractivity contribution in [3.63, 3.8) is 0 Å². The zero-order valence-electron chi connectivity index (χ0n) is 3.86. The number of methoxy groups -OCH3 is 1. The van der Waals surface area contributed by atoms with Crippen molar-refractivity contribution in [2.24, 2.45) is 0 Å². The number of ether oxygens (including phenoxy) is 1. The van der Waals surface area contributed by atoms with E-state index >= 15 is 0 Å². The number of hydrogen-bond donors (Lipinski definition) is 0. The molecular formula is C2H7KO2. The van der Waals surface area contributed by atoms with Gasteiger partial charge < -0.3 is 10.2 Å². The summed E-state index contributed by atoms with van der Waals surface area (Å²) in [5.74, 6) is 0. The van der Waals surface area contributed by atoms with Gasteiger partial charge in [-0.2, -0.15) is 0 Å². The van der Waals surface area contributed by atoms with Crippen LogP contribution in [0.4, 0.5) is 0 Å². The third-order valence-electron chi connectivity index (χ3n) is 0. The molecule has 0 fully saturated rings. The standard InChI is InChI=1S/C2H6O.K.H2O/c1-3-2;;/h1-2H3;;1H2/q;+1;/p-1. The molecule has 0 spiro atoms. The van der Waals surface area contributed by atoms with Gasteiger partial charge in [0.25, 0.3) is 0 Å². The molecule has 0 unspecified atom stereocenters. The first-order chi connectivity index (χ1) is 1.41. The molecule has 0 saturated carbocycles. The fraction of sp³-hybridized carbons (Fsp3) is 1.00. The molecule has 1 N–H and O–H groups in total. The van der Waals surface area contributed by atoms with Gasteiger partial charge >= 0.3 is 51.4 Å². The fourth-order valence-corrected chi connectivity index (χ4v) is 0. The number of hydrogen-bond acceptors (Lipinski definition) is 2. The van der Waals surface area contributed by atoms with E-state index in [1.807, 2.05) is 0 Å². The Morgan fingerprint density at radius 1 is 1.20 bits per heavy atom. The first kappa shape index (κ1) is 16.0. The summed E-state index contributed by atoms with van der Waals surface area (Å²) < 4.78 is 4.25. The van der Waals surface area contributed by atoms with E-state index in [-0.39, 0.29) is 56.9 Å². The van der Waals surface area contributed by atoms with Crippen molar-refractivity contribution in [2.75, 3.05) is 14.2 Å². The minimum absolute atomic E-state index is 0. The molecule has 0 aromatic rings. The van der Waals surface area contributed by atoms with Gasteiger partial charge in [-0.25, -0.2) is 0 Å². The average Bonchev–Trinajstić information content (AvgIpc) is 0.918. The van der Waals surface area contributed by atoms with Crippen LogP contribution in [0.15, 0.2) is 0 Å². The maximum Gasteiger partial charge on any atom is 1.00 e. The van der Waals surface area contributed by atoms with E-state index in [0.29, 0.717) is 0 Å². The Balaban J connectivity index is -0.0000000200. The van der Waals surface area contributed by atoms with Gasteiger partial charge in [-0.15, -0.1) is 0 Å². The second-order valence-corrected chi connectivity index (χ2v) is 0.408. The SMILES string of the molecule is COC.[K+].[OH-]. The largest absolute Gasteiger partial charge is 1.00 e. The first-order valence-electron chi connectivity index (χ1n) is 0.816. The van der Waals surface area contributed by atoms with E-state index in [1.54, 1.807) is 14.2 Å². The smallest absolute Gasteiger partial charge is 0.870 e. The predicted octanol–water partition coefficient (Wildman–Crippen LogP) is -2.91. The van der Waals surface area contributed by atoms with Crippen molar-refractivity contribution in [3.8, 4) is 0 Å². The Hall–Kier alpha value is 1.56. The summed E-state index contributed by atoms with van der Waals surface area (Å²) in [4.78, 5) is 0. The van der Waals surface area contributed by atoms with E-state index in [1.165, 1.54) is 0 Å². The molecular weight excluding hydrogens is 95.1 g/mol. The Morgan fingerprint density at radius 3 is 1.20 bits per heavy atom. The zero-order chi connectivity index (χ0) is 2.71. The van der Waals surface area contributed by atoms with Gasteiger partial charge in [0.05, 0.1) is 0 Å². The monoisotopic (exact) mass is 102 g/mol. The molecule has 0 bridgehead atoms. The molecule has 28 valence electrons. The van der Waals surface area contributed by atoms with Crippen LogP contribution in [-0.2, 0) is 4.74 Å². The molecule has 0 aromatic carbocycles. The maximum atomic E-state index is 4.25. The van der Waals surface area contributed by atoms with Gasteiger partial charge in [0.1, 0.15) is 0 Å². The van der Waals surface area contributed by atoms with Crippen LogP contribution in [0.3, 0.4) is 0 Å². The van der Waals surface area contributed by atoms with E-state index < -0.39 is 0 Å². The van der Waals surface area contributed by atoms with Crippen molar-refractivity contribution in [2.45, 2.75) is 0 Å². The summed E-state index contributed by atoms with van der Waals surface area (Å²) in [6, 6.07) is 0. The van der Waals surface area contributed by atoms with E-state index in [2.05, 4.69) is 4.74 Å². The van der Waals surface area contributed by atoms with Gasteiger partial charge in [-0.3, -0.25) is 0 Å². The predicted molar refractivity (Wildman–Crippen MR) is 14.9 cm³/mol. The molecule has 0 heterocycles. The molecule has 2 nitrogen and oxygen atoms in total. The van der Waals surface area contributed by atoms with E-state index in [0.717, 1.165) is 0 Å². The molecule has 0 aliphatic rings. The van der Waals surface area contributed by atoms with Crippen LogP contribution in [0.1, 0.15) is 0 Å². The Bertz CT molecular complexity index is 7.61. The summed E-state index contributed by atoms with van der Waals surface area (Å²) in [6.45, 7) is 0. The van der Waals surface area contributed by atoms with E-state index in [9.17, 15) is 0 Å². The van der Waals surface area contributed by atoms with Crippen LogP contribution in [0.25, 0.3) is 0 Å². The first-order valence-corrected chi connectivity index (χ1v) is 0.816. The molecule has 0 aliphatic heterocycles. The summed E-state index contributed by atoms with van der Waals surface area (Å²) in [5.41, 5.74) is 0. The van der Waals surface area contributed by atoms with Crippen LogP contribution >= 0.6 is 0 Å². The second kappa shape index (κ2) is 17.7. The molecule has 3 heteroatoms. The fourth-order valence-electron chi connectivity index (χ4n) is 0. The Kier molecular flexibility index (Phi) is 56.5. The van der Waals surface area contributed by atoms with Gasteiger partial charge in [-0.1, -0.05) is 0 Å². The van der Waals surface area contributed by atoms with Gasteiger partial charge in [0.15, 0.2) is 0 Å². The maximum absolute atomic E-state index is 4.25. The van der Waals surface area contributed by atoms with Crippen LogP contribution in [0.5, 0.6) is 0 Å². The van der Waals surface area contributed by atoms with Crippen LogP contribution in [0, 0.1) is 0 Å². The van der Waals surface area contributed by atoms with Crippen molar-refractivity contribution in [1.82, 2.24) is 0 Å². The third-order valence-corrected chi connectivity index (χ3v) is 0. The summed E-state index contributed by atoms with van der Waals surface area (Å²) in [6.07, 6.45) is 0. The third kappa shape index (κ3) is 29.0. The molecule has 0 aliphatic carbocycles. The molecule has 0 rings (SSSR count). The summed E-state index contributed by atoms with van der Waals surface area (Å²) in [7, 11) is 3.25. The minimum Gasteiger partial charge on any atom is -0.870 e. The summed E-state index contributed by atoms with van der Waals surface area (Å²) >= 11 is 0. The van der Waals surface area contributed by atoms with Crippen LogP contribution < -0.4 is 51.4 Å². The van der Waals surface area contributed by atoms with Gasteiger partial charge in [0, 0.05) is 14.2 Å². The Labute approximate surface area is 74.6 Å². The molecule has 0 aromatic heterocycles. The normalized spacial score (nSPS) is 3.60. The molecule has 0 radical (unpaired) electrons. The molecule has 0 atom stereocenters. The van der Waals surface area contributed by atoms with Gasteiger partial charge in [0.2, 0.25) is 0 Å². The number of rotatable bonds is 0. The van der Waals surface area contributed by atoms with Crippen molar-refractivity contribution in [3.05, 3.63) is 0 Å². The molecule has 5 heavy (non-hydrogen) atoms. The Morgan fingerprint density at radius 2 is 1.20 bits per heavy atom. The zero-order valence-corrected chi connectivity index (χ0v) is 6.98. The molecule has 0 saturated heterocycles. The second-order valence-electron chi connectivity index (χ2n) is 0.408.